The number of benzene rings is 2. The van der Waals surface area contributed by atoms with Crippen molar-refractivity contribution in [2.75, 3.05) is 0 Å². The number of pyridine rings is 1. The van der Waals surface area contributed by atoms with Crippen LogP contribution in [0, 0.1) is 0 Å². The van der Waals surface area contributed by atoms with Gasteiger partial charge in [-0.25, -0.2) is 4.79 Å². The van der Waals surface area contributed by atoms with Crippen molar-refractivity contribution < 1.29 is 52.3 Å². The third-order valence-corrected chi connectivity index (χ3v) is 7.18. The lowest BCUT2D eigenvalue weighted by molar-refractivity contribution is -0.123. The van der Waals surface area contributed by atoms with Crippen LogP contribution in [0.5, 0.6) is 5.75 Å². The summed E-state index contributed by atoms with van der Waals surface area (Å²) < 4.78 is 43.3. The SMILES string of the molecule is O=C(O)c1cccc2c1OB(O)[C@@H](NC(=O)[C@H](NC(=O)c1cccn(C(F)F)c1=O)c1ccc(P(=O)(O)O)cc1)C2. The van der Waals surface area contributed by atoms with E-state index in [1.807, 2.05) is 0 Å². The van der Waals surface area contributed by atoms with E-state index in [0.717, 1.165) is 42.6 Å². The van der Waals surface area contributed by atoms with Gasteiger partial charge in [-0.2, -0.15) is 8.78 Å². The van der Waals surface area contributed by atoms with Crippen LogP contribution in [0.25, 0.3) is 0 Å². The number of carboxylic acid groups (broad SMARTS) is 1. The fourth-order valence-corrected chi connectivity index (χ4v) is 4.73. The first-order chi connectivity index (χ1) is 19.3. The van der Waals surface area contributed by atoms with Gasteiger partial charge in [0.2, 0.25) is 5.91 Å². The van der Waals surface area contributed by atoms with E-state index in [0.29, 0.717) is 5.56 Å². The lowest BCUT2D eigenvalue weighted by Gasteiger charge is -2.30. The molecule has 0 bridgehead atoms. The molecule has 0 unspecified atom stereocenters. The van der Waals surface area contributed by atoms with Crippen molar-refractivity contribution in [3.63, 3.8) is 0 Å². The molecule has 0 saturated carbocycles. The van der Waals surface area contributed by atoms with E-state index in [-0.39, 0.29) is 27.9 Å². The minimum Gasteiger partial charge on any atom is -0.534 e. The van der Waals surface area contributed by atoms with Crippen molar-refractivity contribution in [2.45, 2.75) is 25.0 Å². The summed E-state index contributed by atoms with van der Waals surface area (Å²) in [6, 6.07) is 8.87. The Hall–Kier alpha value is -4.37. The molecule has 3 aromatic rings. The van der Waals surface area contributed by atoms with Gasteiger partial charge in [-0.1, -0.05) is 24.3 Å². The van der Waals surface area contributed by atoms with Gasteiger partial charge >= 0.3 is 27.2 Å². The molecule has 1 aliphatic rings. The summed E-state index contributed by atoms with van der Waals surface area (Å²) in [6.07, 6.45) is 0.686. The molecule has 2 atom stereocenters. The number of hydrogen-bond donors (Lipinski definition) is 6. The average Bonchev–Trinajstić information content (AvgIpc) is 2.91. The Morgan fingerprint density at radius 2 is 1.71 bits per heavy atom. The quantitative estimate of drug-likeness (QED) is 0.157. The van der Waals surface area contributed by atoms with Crippen LogP contribution in [-0.2, 0) is 15.8 Å². The van der Waals surface area contributed by atoms with Gasteiger partial charge in [0.05, 0.1) is 16.8 Å². The minimum atomic E-state index is -4.66. The number of carboxylic acids is 1. The van der Waals surface area contributed by atoms with Crippen molar-refractivity contribution in [1.29, 1.82) is 0 Å². The maximum atomic E-state index is 13.4. The number of alkyl halides is 2. The Morgan fingerprint density at radius 3 is 2.32 bits per heavy atom. The Kier molecular flexibility index (Phi) is 8.40. The highest BCUT2D eigenvalue weighted by Gasteiger charge is 2.39. The van der Waals surface area contributed by atoms with Crippen molar-refractivity contribution in [3.8, 4) is 5.75 Å². The number of carbonyl (C=O) groups is 3. The normalized spacial score (nSPS) is 15.5. The highest BCUT2D eigenvalue weighted by atomic mass is 31.2. The molecule has 2 aromatic carbocycles. The number of fused-ring (bicyclic) bond motifs is 1. The number of amides is 2. The van der Waals surface area contributed by atoms with Gasteiger partial charge in [-0.05, 0) is 47.9 Å². The predicted molar refractivity (Wildman–Crippen MR) is 138 cm³/mol. The summed E-state index contributed by atoms with van der Waals surface area (Å²) in [5.41, 5.74) is -1.92. The zero-order valence-corrected chi connectivity index (χ0v) is 21.6. The molecule has 17 heteroatoms. The summed E-state index contributed by atoms with van der Waals surface area (Å²) in [7, 11) is -6.38. The van der Waals surface area contributed by atoms with Crippen LogP contribution < -0.4 is 26.2 Å². The van der Waals surface area contributed by atoms with Crippen molar-refractivity contribution >= 4 is 37.8 Å². The summed E-state index contributed by atoms with van der Waals surface area (Å²) in [5, 5.41) is 24.2. The van der Waals surface area contributed by atoms with E-state index < -0.39 is 67.5 Å². The molecular weight excluding hydrogens is 570 g/mol. The summed E-state index contributed by atoms with van der Waals surface area (Å²) in [6.45, 7) is -3.24. The van der Waals surface area contributed by atoms with Gasteiger partial charge in [0.1, 0.15) is 17.4 Å². The van der Waals surface area contributed by atoms with E-state index >= 15 is 0 Å². The van der Waals surface area contributed by atoms with Crippen LogP contribution in [0.3, 0.4) is 0 Å². The molecule has 0 radical (unpaired) electrons. The van der Waals surface area contributed by atoms with Gasteiger partial charge in [0.25, 0.3) is 11.5 Å². The van der Waals surface area contributed by atoms with Gasteiger partial charge in [0.15, 0.2) is 0 Å². The first-order valence-electron chi connectivity index (χ1n) is 11.7. The Labute approximate surface area is 229 Å². The highest BCUT2D eigenvalue weighted by Crippen LogP contribution is 2.33. The van der Waals surface area contributed by atoms with Crippen LogP contribution in [0.4, 0.5) is 8.78 Å². The maximum absolute atomic E-state index is 13.4. The molecule has 4 rings (SSSR count). The topological polar surface area (TPSA) is 204 Å². The van der Waals surface area contributed by atoms with Crippen LogP contribution in [-0.4, -0.2) is 55.3 Å². The number of nitrogens with zero attached hydrogens (tertiary/aromatic N) is 1. The van der Waals surface area contributed by atoms with E-state index in [4.69, 9.17) is 4.65 Å². The third-order valence-electron chi connectivity index (χ3n) is 6.21. The van der Waals surface area contributed by atoms with Crippen molar-refractivity contribution in [2.24, 2.45) is 0 Å². The van der Waals surface area contributed by atoms with Gasteiger partial charge < -0.3 is 35.2 Å². The Morgan fingerprint density at radius 1 is 1.05 bits per heavy atom. The molecular formula is C24H21BF2N3O10P. The van der Waals surface area contributed by atoms with Crippen LogP contribution in [0.2, 0.25) is 0 Å². The number of nitrogens with one attached hydrogen (secondary N) is 2. The number of halogens is 2. The fourth-order valence-electron chi connectivity index (χ4n) is 4.19. The molecule has 6 N–H and O–H groups in total. The highest BCUT2D eigenvalue weighted by molar-refractivity contribution is 7.60. The summed E-state index contributed by atoms with van der Waals surface area (Å²) in [4.78, 5) is 69.0. The average molecular weight is 591 g/mol. The Bertz CT molecular complexity index is 1610. The first kappa shape index (κ1) is 29.6. The number of rotatable bonds is 8. The number of carbonyl (C=O) groups excluding carboxylic acids is 2. The smallest absolute Gasteiger partial charge is 0.534 e. The third kappa shape index (κ3) is 6.36. The standard InChI is InChI=1S/C24H21BF2N3O10P/c26-24(27)30-10-2-5-16(22(30)33)20(31)29-18(12-6-8-14(9-7-12)41(37,38)39)21(32)28-17-11-13-3-1-4-15(23(34)35)19(13)40-25(17)36/h1-10,17-18,24,36H,11H2,(H,28,32)(H,29,31)(H,34,35)(H2,37,38,39)/t17-,18+/m0/s1. The second kappa shape index (κ2) is 11.6. The lowest BCUT2D eigenvalue weighted by atomic mass is 9.72. The summed E-state index contributed by atoms with van der Waals surface area (Å²) >= 11 is 0. The van der Waals surface area contributed by atoms with Crippen molar-refractivity contribution in [1.82, 2.24) is 15.2 Å². The molecule has 13 nitrogen and oxygen atoms in total. The monoisotopic (exact) mass is 591 g/mol. The number of para-hydroxylation sites is 1. The maximum Gasteiger partial charge on any atom is 0.547 e. The second-order valence-corrected chi connectivity index (χ2v) is 10.5. The van der Waals surface area contributed by atoms with Crippen molar-refractivity contribution in [3.05, 3.63) is 93.4 Å². The number of hydrogen-bond acceptors (Lipinski definition) is 7. The van der Waals surface area contributed by atoms with Gasteiger partial charge in [-0.15, -0.1) is 0 Å². The Balaban J connectivity index is 1.65. The number of aromatic nitrogens is 1. The fraction of sp³-hybridized carbons (Fsp3) is 0.167. The van der Waals surface area contributed by atoms with Crippen LogP contribution >= 0.6 is 7.60 Å². The van der Waals surface area contributed by atoms with Gasteiger partial charge in [-0.3, -0.25) is 23.5 Å². The molecule has 2 heterocycles. The zero-order valence-electron chi connectivity index (χ0n) is 20.7. The largest absolute Gasteiger partial charge is 0.547 e. The molecule has 2 amide bonds. The summed E-state index contributed by atoms with van der Waals surface area (Å²) in [5.74, 6) is -4.72. The minimum absolute atomic E-state index is 0.0113. The molecule has 1 aliphatic heterocycles. The first-order valence-corrected chi connectivity index (χ1v) is 13.4. The number of aromatic carboxylic acids is 1. The molecule has 41 heavy (non-hydrogen) atoms. The molecule has 0 aliphatic carbocycles. The molecule has 214 valence electrons. The molecule has 0 fully saturated rings. The van der Waals surface area contributed by atoms with E-state index in [1.165, 1.54) is 18.2 Å². The van der Waals surface area contributed by atoms with Crippen LogP contribution in [0.15, 0.2) is 65.6 Å². The van der Waals surface area contributed by atoms with Crippen LogP contribution in [0.1, 0.15) is 44.4 Å². The predicted octanol–water partition coefficient (Wildman–Crippen LogP) is 0.355. The lowest BCUT2D eigenvalue weighted by Crippen LogP contribution is -2.55. The molecule has 0 spiro atoms. The van der Waals surface area contributed by atoms with Gasteiger partial charge in [0, 0.05) is 6.20 Å². The van der Waals surface area contributed by atoms with E-state index in [1.54, 1.807) is 0 Å². The zero-order chi connectivity index (χ0) is 30.1. The second-order valence-electron chi connectivity index (χ2n) is 8.88. The molecule has 1 aromatic heterocycles. The van der Waals surface area contributed by atoms with E-state index in [2.05, 4.69) is 10.6 Å². The molecule has 0 saturated heterocycles. The van der Waals surface area contributed by atoms with E-state index in [9.17, 15) is 52.4 Å².